The molecule has 0 unspecified atom stereocenters. The van der Waals surface area contributed by atoms with Crippen LogP contribution in [0.3, 0.4) is 0 Å². The maximum Gasteiger partial charge on any atom is 0.263 e. The van der Waals surface area contributed by atoms with Crippen LogP contribution >= 0.6 is 22.9 Å². The number of benzene rings is 2. The molecule has 2 aromatic carbocycles. The molecule has 31 heavy (non-hydrogen) atoms. The van der Waals surface area contributed by atoms with E-state index in [4.69, 9.17) is 11.6 Å². The molecule has 0 fully saturated rings. The number of aryl methyl sites for hydroxylation is 1. The van der Waals surface area contributed by atoms with E-state index < -0.39 is 0 Å². The Bertz CT molecular complexity index is 1310. The van der Waals surface area contributed by atoms with Gasteiger partial charge in [-0.1, -0.05) is 49.7 Å². The molecule has 5 nitrogen and oxygen atoms in total. The van der Waals surface area contributed by atoms with Crippen LogP contribution in [0.1, 0.15) is 30.2 Å². The van der Waals surface area contributed by atoms with Gasteiger partial charge in [0, 0.05) is 21.2 Å². The molecule has 1 N–H and O–H groups in total. The third kappa shape index (κ3) is 4.40. The summed E-state index contributed by atoms with van der Waals surface area (Å²) >= 11 is 7.48. The summed E-state index contributed by atoms with van der Waals surface area (Å²) in [5.41, 5.74) is 3.41. The SMILES string of the molecule is Cc1sc2ncn(CC(=O)Nc3ccc(C(C)C)cc3)c(=O)c2c1-c1ccc(Cl)cc1. The van der Waals surface area contributed by atoms with Crippen LogP contribution in [0, 0.1) is 6.92 Å². The van der Waals surface area contributed by atoms with Gasteiger partial charge in [-0.05, 0) is 48.2 Å². The highest BCUT2D eigenvalue weighted by Crippen LogP contribution is 2.35. The largest absolute Gasteiger partial charge is 0.325 e. The fourth-order valence-corrected chi connectivity index (χ4v) is 4.65. The van der Waals surface area contributed by atoms with Crippen molar-refractivity contribution >= 4 is 44.7 Å². The molecular weight excluding hydrogens is 430 g/mol. The van der Waals surface area contributed by atoms with Crippen molar-refractivity contribution in [3.8, 4) is 11.1 Å². The molecule has 158 valence electrons. The topological polar surface area (TPSA) is 64.0 Å². The van der Waals surface area contributed by atoms with Gasteiger partial charge in [-0.15, -0.1) is 11.3 Å². The Hall–Kier alpha value is -2.96. The van der Waals surface area contributed by atoms with Crippen molar-refractivity contribution in [3.05, 3.63) is 80.7 Å². The lowest BCUT2D eigenvalue weighted by Crippen LogP contribution is -2.27. The predicted molar refractivity (Wildman–Crippen MR) is 128 cm³/mol. The first-order valence-corrected chi connectivity index (χ1v) is 11.2. The smallest absolute Gasteiger partial charge is 0.263 e. The molecule has 0 aliphatic rings. The van der Waals surface area contributed by atoms with E-state index in [1.165, 1.54) is 27.8 Å². The predicted octanol–water partition coefficient (Wildman–Crippen LogP) is 5.85. The summed E-state index contributed by atoms with van der Waals surface area (Å²) in [6.45, 7) is 6.09. The summed E-state index contributed by atoms with van der Waals surface area (Å²) in [6, 6.07) is 15.1. The number of carbonyl (C=O) groups excluding carboxylic acids is 1. The number of anilines is 1. The fraction of sp³-hybridized carbons (Fsp3) is 0.208. The van der Waals surface area contributed by atoms with Crippen molar-refractivity contribution in [1.29, 1.82) is 0 Å². The molecule has 0 aliphatic heterocycles. The number of hydrogen-bond acceptors (Lipinski definition) is 4. The van der Waals surface area contributed by atoms with Gasteiger partial charge in [0.05, 0.1) is 11.7 Å². The van der Waals surface area contributed by atoms with E-state index in [0.29, 0.717) is 26.8 Å². The van der Waals surface area contributed by atoms with Crippen LogP contribution in [-0.4, -0.2) is 15.5 Å². The van der Waals surface area contributed by atoms with E-state index in [0.717, 1.165) is 16.0 Å². The van der Waals surface area contributed by atoms with E-state index in [1.807, 2.05) is 43.3 Å². The Morgan fingerprint density at radius 1 is 1.13 bits per heavy atom. The third-order valence-electron chi connectivity index (χ3n) is 5.16. The zero-order chi connectivity index (χ0) is 22.1. The quantitative estimate of drug-likeness (QED) is 0.414. The second-order valence-corrected chi connectivity index (χ2v) is 9.36. The second kappa shape index (κ2) is 8.65. The maximum atomic E-state index is 13.2. The van der Waals surface area contributed by atoms with Crippen LogP contribution in [0.15, 0.2) is 59.7 Å². The molecule has 0 radical (unpaired) electrons. The number of fused-ring (bicyclic) bond motifs is 1. The Labute approximate surface area is 189 Å². The van der Waals surface area contributed by atoms with Crippen molar-refractivity contribution in [1.82, 2.24) is 9.55 Å². The Morgan fingerprint density at radius 2 is 1.81 bits per heavy atom. The summed E-state index contributed by atoms with van der Waals surface area (Å²) in [6.07, 6.45) is 1.44. The first kappa shape index (κ1) is 21.3. The fourth-order valence-electron chi connectivity index (χ4n) is 3.52. The lowest BCUT2D eigenvalue weighted by atomic mass is 10.0. The zero-order valence-electron chi connectivity index (χ0n) is 17.5. The summed E-state index contributed by atoms with van der Waals surface area (Å²) in [5.74, 6) is 0.144. The monoisotopic (exact) mass is 451 g/mol. The minimum atomic E-state index is -0.277. The summed E-state index contributed by atoms with van der Waals surface area (Å²) in [5, 5.41) is 4.01. The minimum Gasteiger partial charge on any atom is -0.325 e. The van der Waals surface area contributed by atoms with Gasteiger partial charge in [-0.25, -0.2) is 4.98 Å². The number of aromatic nitrogens is 2. The molecule has 0 spiro atoms. The molecule has 2 heterocycles. The van der Waals surface area contributed by atoms with Crippen LogP contribution in [0.2, 0.25) is 5.02 Å². The van der Waals surface area contributed by atoms with Gasteiger partial charge in [-0.3, -0.25) is 14.2 Å². The Balaban J connectivity index is 1.63. The third-order valence-corrected chi connectivity index (χ3v) is 6.43. The molecule has 1 amide bonds. The van der Waals surface area contributed by atoms with E-state index in [-0.39, 0.29) is 18.0 Å². The number of hydrogen-bond donors (Lipinski definition) is 1. The van der Waals surface area contributed by atoms with Crippen LogP contribution in [0.4, 0.5) is 5.69 Å². The minimum absolute atomic E-state index is 0.108. The van der Waals surface area contributed by atoms with Crippen molar-refractivity contribution in [2.45, 2.75) is 33.2 Å². The van der Waals surface area contributed by atoms with Crippen molar-refractivity contribution in [2.24, 2.45) is 0 Å². The number of nitrogens with zero attached hydrogens (tertiary/aromatic N) is 2. The molecule has 0 aliphatic carbocycles. The molecule has 0 saturated heterocycles. The summed E-state index contributed by atoms with van der Waals surface area (Å²) in [7, 11) is 0. The molecule has 0 atom stereocenters. The van der Waals surface area contributed by atoms with Crippen molar-refractivity contribution in [3.63, 3.8) is 0 Å². The van der Waals surface area contributed by atoms with Gasteiger partial charge < -0.3 is 5.32 Å². The van der Waals surface area contributed by atoms with Gasteiger partial charge in [0.1, 0.15) is 11.4 Å². The molecule has 0 saturated carbocycles. The average Bonchev–Trinajstić information content (AvgIpc) is 3.08. The van der Waals surface area contributed by atoms with Crippen LogP contribution in [-0.2, 0) is 11.3 Å². The van der Waals surface area contributed by atoms with Gasteiger partial charge in [0.2, 0.25) is 5.91 Å². The van der Waals surface area contributed by atoms with Gasteiger partial charge in [0.25, 0.3) is 5.56 Å². The standard InChI is InChI=1S/C24H22ClN3O2S/c1-14(2)16-6-10-19(11-7-16)27-20(29)12-28-13-26-23-22(24(28)30)21(15(3)31-23)17-4-8-18(25)9-5-17/h4-11,13-14H,12H2,1-3H3,(H,27,29). The van der Waals surface area contributed by atoms with Crippen LogP contribution < -0.4 is 10.9 Å². The van der Waals surface area contributed by atoms with E-state index in [2.05, 4.69) is 24.1 Å². The van der Waals surface area contributed by atoms with Gasteiger partial charge in [0.15, 0.2) is 0 Å². The lowest BCUT2D eigenvalue weighted by molar-refractivity contribution is -0.116. The Morgan fingerprint density at radius 3 is 2.45 bits per heavy atom. The highest BCUT2D eigenvalue weighted by Gasteiger charge is 2.18. The summed E-state index contributed by atoms with van der Waals surface area (Å²) < 4.78 is 1.35. The number of thiophene rings is 1. The van der Waals surface area contributed by atoms with Crippen LogP contribution in [0.25, 0.3) is 21.3 Å². The summed E-state index contributed by atoms with van der Waals surface area (Å²) in [4.78, 5) is 31.9. The molecule has 7 heteroatoms. The zero-order valence-corrected chi connectivity index (χ0v) is 19.1. The van der Waals surface area contributed by atoms with E-state index in [9.17, 15) is 9.59 Å². The number of carbonyl (C=O) groups is 1. The normalized spacial score (nSPS) is 11.3. The molecule has 4 aromatic rings. The number of nitrogens with one attached hydrogen (secondary N) is 1. The first-order chi connectivity index (χ1) is 14.8. The van der Waals surface area contributed by atoms with Crippen molar-refractivity contribution in [2.75, 3.05) is 5.32 Å². The molecule has 4 rings (SSSR count). The van der Waals surface area contributed by atoms with Gasteiger partial charge >= 0.3 is 0 Å². The highest BCUT2D eigenvalue weighted by molar-refractivity contribution is 7.19. The van der Waals surface area contributed by atoms with E-state index in [1.54, 1.807) is 12.1 Å². The first-order valence-electron chi connectivity index (χ1n) is 9.97. The maximum absolute atomic E-state index is 13.2. The number of rotatable bonds is 5. The second-order valence-electron chi connectivity index (χ2n) is 7.72. The average molecular weight is 452 g/mol. The highest BCUT2D eigenvalue weighted by atomic mass is 35.5. The number of halogens is 1. The van der Waals surface area contributed by atoms with Gasteiger partial charge in [-0.2, -0.15) is 0 Å². The molecular formula is C24H22ClN3O2S. The molecule has 0 bridgehead atoms. The van der Waals surface area contributed by atoms with Crippen LogP contribution in [0.5, 0.6) is 0 Å². The lowest BCUT2D eigenvalue weighted by Gasteiger charge is -2.10. The van der Waals surface area contributed by atoms with E-state index >= 15 is 0 Å². The molecule has 2 aromatic heterocycles. The van der Waals surface area contributed by atoms with Crippen molar-refractivity contribution < 1.29 is 4.79 Å². The Kier molecular flexibility index (Phi) is 5.94. The number of amides is 1.